The van der Waals surface area contributed by atoms with Crippen molar-refractivity contribution in [1.82, 2.24) is 5.32 Å². The Hall–Kier alpha value is -2.04. The van der Waals surface area contributed by atoms with Crippen molar-refractivity contribution in [1.29, 1.82) is 0 Å². The second kappa shape index (κ2) is 7.29. The van der Waals surface area contributed by atoms with Crippen molar-refractivity contribution in [3.63, 3.8) is 0 Å². The van der Waals surface area contributed by atoms with Crippen LogP contribution in [-0.4, -0.2) is 32.5 Å². The van der Waals surface area contributed by atoms with E-state index in [1.807, 2.05) is 58.8 Å². The number of hydrogen-bond donors (Lipinski definition) is 2. The lowest BCUT2D eigenvalue weighted by atomic mass is 9.95. The Balaban J connectivity index is 3.09. The van der Waals surface area contributed by atoms with Gasteiger partial charge in [-0.2, -0.15) is 0 Å². The average Bonchev–Trinajstić information content (AvgIpc) is 2.43. The molecular weight excluding hydrogens is 278 g/mol. The lowest BCUT2D eigenvalue weighted by molar-refractivity contribution is -0.123. The zero-order valence-electron chi connectivity index (χ0n) is 14.4. The minimum atomic E-state index is -0.481. The summed E-state index contributed by atoms with van der Waals surface area (Å²) in [6.07, 6.45) is 0.878. The van der Waals surface area contributed by atoms with Gasteiger partial charge < -0.3 is 15.5 Å². The van der Waals surface area contributed by atoms with Gasteiger partial charge in [-0.25, -0.2) is 0 Å². The van der Waals surface area contributed by atoms with Crippen LogP contribution in [-0.2, 0) is 4.79 Å². The van der Waals surface area contributed by atoms with Crippen LogP contribution in [0, 0.1) is 5.41 Å². The Labute approximate surface area is 133 Å². The lowest BCUT2D eigenvalue weighted by Crippen LogP contribution is -2.29. The van der Waals surface area contributed by atoms with E-state index in [-0.39, 0.29) is 11.8 Å². The van der Waals surface area contributed by atoms with Gasteiger partial charge in [-0.1, -0.05) is 27.7 Å². The molecule has 0 fully saturated rings. The summed E-state index contributed by atoms with van der Waals surface area (Å²) < 4.78 is 0. The van der Waals surface area contributed by atoms with Crippen LogP contribution in [0.4, 0.5) is 11.4 Å². The molecule has 1 aromatic carbocycles. The highest BCUT2D eigenvalue weighted by molar-refractivity contribution is 6.02. The third-order valence-electron chi connectivity index (χ3n) is 3.20. The zero-order valence-corrected chi connectivity index (χ0v) is 14.4. The van der Waals surface area contributed by atoms with Crippen molar-refractivity contribution >= 4 is 23.2 Å². The van der Waals surface area contributed by atoms with Gasteiger partial charge in [0.05, 0.1) is 5.56 Å². The highest BCUT2D eigenvalue weighted by atomic mass is 16.2. The normalized spacial score (nSPS) is 11.0. The largest absolute Gasteiger partial charge is 0.377 e. The Morgan fingerprint density at radius 2 is 1.82 bits per heavy atom. The molecule has 0 atom stereocenters. The Morgan fingerprint density at radius 1 is 1.18 bits per heavy atom. The SMILES string of the molecule is CCCNC(=O)c1cc(NC(=O)C(C)(C)C)ccc1N(C)C. The second-order valence-corrected chi connectivity index (χ2v) is 6.59. The van der Waals surface area contributed by atoms with Gasteiger partial charge in [0.2, 0.25) is 5.91 Å². The molecule has 0 bridgehead atoms. The number of benzene rings is 1. The minimum absolute atomic E-state index is 0.0787. The first-order valence-electron chi connectivity index (χ1n) is 7.57. The summed E-state index contributed by atoms with van der Waals surface area (Å²) in [5, 5.41) is 5.74. The van der Waals surface area contributed by atoms with Gasteiger partial charge in [0.15, 0.2) is 0 Å². The van der Waals surface area contributed by atoms with Gasteiger partial charge >= 0.3 is 0 Å². The fraction of sp³-hybridized carbons (Fsp3) is 0.529. The molecule has 0 saturated heterocycles. The van der Waals surface area contributed by atoms with Crippen LogP contribution in [0.5, 0.6) is 0 Å². The molecule has 122 valence electrons. The van der Waals surface area contributed by atoms with Gasteiger partial charge in [0.1, 0.15) is 0 Å². The molecule has 0 radical (unpaired) electrons. The molecule has 0 aliphatic carbocycles. The predicted octanol–water partition coefficient (Wildman–Crippen LogP) is 2.88. The van der Waals surface area contributed by atoms with E-state index in [2.05, 4.69) is 10.6 Å². The summed E-state index contributed by atoms with van der Waals surface area (Å²) in [5.41, 5.74) is 1.53. The van der Waals surface area contributed by atoms with Gasteiger partial charge in [-0.05, 0) is 24.6 Å². The van der Waals surface area contributed by atoms with Gasteiger partial charge in [0.25, 0.3) is 5.91 Å². The number of carbonyl (C=O) groups excluding carboxylic acids is 2. The third-order valence-corrected chi connectivity index (χ3v) is 3.20. The molecule has 0 heterocycles. The Bertz CT molecular complexity index is 545. The van der Waals surface area contributed by atoms with Crippen LogP contribution in [0.1, 0.15) is 44.5 Å². The highest BCUT2D eigenvalue weighted by Gasteiger charge is 2.22. The molecule has 0 aliphatic rings. The summed E-state index contributed by atoms with van der Waals surface area (Å²) in [7, 11) is 3.78. The van der Waals surface area contributed by atoms with Crippen LogP contribution in [0.25, 0.3) is 0 Å². The molecule has 0 aromatic heterocycles. The zero-order chi connectivity index (χ0) is 16.9. The highest BCUT2D eigenvalue weighted by Crippen LogP contribution is 2.24. The van der Waals surface area contributed by atoms with Crippen LogP contribution >= 0.6 is 0 Å². The Morgan fingerprint density at radius 3 is 2.32 bits per heavy atom. The third kappa shape index (κ3) is 4.76. The monoisotopic (exact) mass is 305 g/mol. The number of amides is 2. The van der Waals surface area contributed by atoms with Crippen molar-refractivity contribution in [3.05, 3.63) is 23.8 Å². The first-order chi connectivity index (χ1) is 10.2. The number of nitrogens with zero attached hydrogens (tertiary/aromatic N) is 1. The first kappa shape index (κ1) is 18.0. The van der Waals surface area contributed by atoms with Gasteiger partial charge in [0, 0.05) is 37.4 Å². The van der Waals surface area contributed by atoms with E-state index >= 15 is 0 Å². The maximum absolute atomic E-state index is 12.3. The smallest absolute Gasteiger partial charge is 0.253 e. The van der Waals surface area contributed by atoms with E-state index < -0.39 is 5.41 Å². The number of nitrogens with one attached hydrogen (secondary N) is 2. The topological polar surface area (TPSA) is 61.4 Å². The summed E-state index contributed by atoms with van der Waals surface area (Å²) in [6.45, 7) is 8.19. The van der Waals surface area contributed by atoms with Crippen molar-refractivity contribution in [3.8, 4) is 0 Å². The Kier molecular flexibility index (Phi) is 5.97. The number of anilines is 2. The van der Waals surface area contributed by atoms with E-state index in [1.54, 1.807) is 6.07 Å². The molecule has 22 heavy (non-hydrogen) atoms. The van der Waals surface area contributed by atoms with Gasteiger partial charge in [-0.3, -0.25) is 9.59 Å². The van der Waals surface area contributed by atoms with E-state index in [0.29, 0.717) is 17.8 Å². The molecule has 2 N–H and O–H groups in total. The van der Waals surface area contributed by atoms with Crippen LogP contribution in [0.15, 0.2) is 18.2 Å². The van der Waals surface area contributed by atoms with E-state index in [4.69, 9.17) is 0 Å². The number of carbonyl (C=O) groups is 2. The molecular formula is C17H27N3O2. The standard InChI is InChI=1S/C17H27N3O2/c1-7-10-18-15(21)13-11-12(8-9-14(13)20(5)6)19-16(22)17(2,3)4/h8-9,11H,7,10H2,1-6H3,(H,18,21)(H,19,22). The van der Waals surface area contributed by atoms with Crippen LogP contribution in [0.2, 0.25) is 0 Å². The summed E-state index contributed by atoms with van der Waals surface area (Å²) in [6, 6.07) is 5.39. The van der Waals surface area contributed by atoms with E-state index in [0.717, 1.165) is 12.1 Å². The molecule has 0 saturated carbocycles. The van der Waals surface area contributed by atoms with Crippen LogP contribution in [0.3, 0.4) is 0 Å². The fourth-order valence-electron chi connectivity index (χ4n) is 1.84. The van der Waals surface area contributed by atoms with Gasteiger partial charge in [-0.15, -0.1) is 0 Å². The van der Waals surface area contributed by atoms with E-state index in [1.165, 1.54) is 0 Å². The fourth-order valence-corrected chi connectivity index (χ4v) is 1.84. The molecule has 5 nitrogen and oxygen atoms in total. The van der Waals surface area contributed by atoms with Crippen molar-refractivity contribution in [2.45, 2.75) is 34.1 Å². The quantitative estimate of drug-likeness (QED) is 0.879. The summed E-state index contributed by atoms with van der Waals surface area (Å²) in [4.78, 5) is 26.3. The minimum Gasteiger partial charge on any atom is -0.377 e. The van der Waals surface area contributed by atoms with Crippen molar-refractivity contribution < 1.29 is 9.59 Å². The van der Waals surface area contributed by atoms with Crippen LogP contribution < -0.4 is 15.5 Å². The summed E-state index contributed by atoms with van der Waals surface area (Å²) >= 11 is 0. The predicted molar refractivity (Wildman–Crippen MR) is 91.5 cm³/mol. The lowest BCUT2D eigenvalue weighted by Gasteiger charge is -2.21. The number of hydrogen-bond acceptors (Lipinski definition) is 3. The second-order valence-electron chi connectivity index (χ2n) is 6.59. The molecule has 1 rings (SSSR count). The maximum Gasteiger partial charge on any atom is 0.253 e. The molecule has 5 heteroatoms. The summed E-state index contributed by atoms with van der Waals surface area (Å²) in [5.74, 6) is -0.206. The molecule has 2 amide bonds. The molecule has 0 aliphatic heterocycles. The average molecular weight is 305 g/mol. The van der Waals surface area contributed by atoms with E-state index in [9.17, 15) is 9.59 Å². The van der Waals surface area contributed by atoms with Crippen molar-refractivity contribution in [2.75, 3.05) is 30.9 Å². The van der Waals surface area contributed by atoms with Crippen molar-refractivity contribution in [2.24, 2.45) is 5.41 Å². The number of rotatable bonds is 5. The molecule has 0 spiro atoms. The first-order valence-corrected chi connectivity index (χ1v) is 7.57. The molecule has 0 unspecified atom stereocenters. The molecule has 1 aromatic rings. The maximum atomic E-state index is 12.3.